The first kappa shape index (κ1) is 16.2. The third kappa shape index (κ3) is 4.39. The Hall–Kier alpha value is -2.21. The summed E-state index contributed by atoms with van der Waals surface area (Å²) in [5, 5.41) is 6.58. The molecule has 0 saturated carbocycles. The van der Waals surface area contributed by atoms with Gasteiger partial charge in [0.2, 0.25) is 11.8 Å². The van der Waals surface area contributed by atoms with Crippen LogP contribution in [-0.2, 0) is 16.1 Å². The summed E-state index contributed by atoms with van der Waals surface area (Å²) in [5.41, 5.74) is 1.93. The summed E-state index contributed by atoms with van der Waals surface area (Å²) in [6.07, 6.45) is 3.42. The van der Waals surface area contributed by atoms with Gasteiger partial charge in [0.05, 0.1) is 12.5 Å². The quantitative estimate of drug-likeness (QED) is 0.886. The van der Waals surface area contributed by atoms with Gasteiger partial charge in [-0.05, 0) is 40.9 Å². The molecular formula is C16H19N3O2S. The first-order valence-corrected chi connectivity index (χ1v) is 7.95. The third-order valence-electron chi connectivity index (χ3n) is 3.42. The number of hydrogen-bond donors (Lipinski definition) is 1. The van der Waals surface area contributed by atoms with E-state index in [1.165, 1.54) is 0 Å². The number of carbonyl (C=O) groups excluding carboxylic acids is 2. The van der Waals surface area contributed by atoms with Crippen molar-refractivity contribution in [2.24, 2.45) is 0 Å². The molecule has 0 fully saturated rings. The van der Waals surface area contributed by atoms with Gasteiger partial charge in [-0.15, -0.1) is 0 Å². The van der Waals surface area contributed by atoms with E-state index in [-0.39, 0.29) is 24.3 Å². The molecule has 5 nitrogen and oxygen atoms in total. The summed E-state index contributed by atoms with van der Waals surface area (Å²) < 4.78 is 0. The number of pyridine rings is 1. The van der Waals surface area contributed by atoms with Gasteiger partial charge < -0.3 is 10.2 Å². The van der Waals surface area contributed by atoms with Crippen LogP contribution >= 0.6 is 11.3 Å². The second-order valence-corrected chi connectivity index (χ2v) is 5.89. The molecule has 0 bridgehead atoms. The Labute approximate surface area is 134 Å². The minimum Gasteiger partial charge on any atom is -0.347 e. The number of nitrogens with one attached hydrogen (secondary N) is 1. The lowest BCUT2D eigenvalue weighted by atomic mass is 10.0. The number of nitrogens with zero attached hydrogens (tertiary/aromatic N) is 2. The molecule has 2 amide bonds. The van der Waals surface area contributed by atoms with Crippen molar-refractivity contribution in [3.8, 4) is 0 Å². The van der Waals surface area contributed by atoms with Crippen LogP contribution in [0.5, 0.6) is 0 Å². The number of likely N-dealkylation sites (N-methyl/N-ethyl adjacent to an activating group) is 1. The van der Waals surface area contributed by atoms with E-state index in [0.717, 1.165) is 11.1 Å². The number of aromatic nitrogens is 1. The van der Waals surface area contributed by atoms with Crippen molar-refractivity contribution < 1.29 is 9.59 Å². The molecule has 6 heteroatoms. The summed E-state index contributed by atoms with van der Waals surface area (Å²) in [4.78, 5) is 29.7. The molecule has 2 heterocycles. The molecule has 2 rings (SSSR count). The monoisotopic (exact) mass is 317 g/mol. The van der Waals surface area contributed by atoms with Gasteiger partial charge in [-0.3, -0.25) is 14.6 Å². The highest BCUT2D eigenvalue weighted by atomic mass is 32.1. The lowest BCUT2D eigenvalue weighted by Crippen LogP contribution is -2.39. The Kier molecular flexibility index (Phi) is 5.66. The maximum absolute atomic E-state index is 12.1. The molecule has 116 valence electrons. The van der Waals surface area contributed by atoms with E-state index in [0.29, 0.717) is 6.54 Å². The van der Waals surface area contributed by atoms with Crippen molar-refractivity contribution in [1.82, 2.24) is 15.2 Å². The summed E-state index contributed by atoms with van der Waals surface area (Å²) in [6, 6.07) is 5.66. The fourth-order valence-corrected chi connectivity index (χ4v) is 2.73. The van der Waals surface area contributed by atoms with E-state index in [4.69, 9.17) is 0 Å². The summed E-state index contributed by atoms with van der Waals surface area (Å²) in [6.45, 7) is 2.31. The van der Waals surface area contributed by atoms with E-state index in [2.05, 4.69) is 10.3 Å². The molecule has 0 saturated heterocycles. The van der Waals surface area contributed by atoms with Crippen LogP contribution in [0.25, 0.3) is 0 Å². The Morgan fingerprint density at radius 1 is 1.41 bits per heavy atom. The number of hydrogen-bond acceptors (Lipinski definition) is 4. The van der Waals surface area contributed by atoms with Crippen LogP contribution in [0.1, 0.15) is 24.0 Å². The van der Waals surface area contributed by atoms with E-state index >= 15 is 0 Å². The average Bonchev–Trinajstić information content (AvgIpc) is 3.06. The van der Waals surface area contributed by atoms with Gasteiger partial charge in [-0.2, -0.15) is 11.3 Å². The van der Waals surface area contributed by atoms with Crippen LogP contribution < -0.4 is 5.32 Å². The van der Waals surface area contributed by atoms with E-state index in [9.17, 15) is 9.59 Å². The largest absolute Gasteiger partial charge is 0.347 e. The van der Waals surface area contributed by atoms with Gasteiger partial charge in [0.1, 0.15) is 0 Å². The van der Waals surface area contributed by atoms with Crippen LogP contribution in [0.15, 0.2) is 41.4 Å². The second kappa shape index (κ2) is 7.70. The van der Waals surface area contributed by atoms with Crippen LogP contribution in [0, 0.1) is 0 Å². The highest BCUT2D eigenvalue weighted by molar-refractivity contribution is 7.08. The Balaban J connectivity index is 1.80. The van der Waals surface area contributed by atoms with Gasteiger partial charge >= 0.3 is 0 Å². The molecule has 22 heavy (non-hydrogen) atoms. The number of rotatable bonds is 6. The highest BCUT2D eigenvalue weighted by Crippen LogP contribution is 2.17. The zero-order chi connectivity index (χ0) is 15.9. The van der Waals surface area contributed by atoms with E-state index in [1.54, 1.807) is 35.7 Å². The van der Waals surface area contributed by atoms with Crippen LogP contribution in [0.3, 0.4) is 0 Å². The van der Waals surface area contributed by atoms with E-state index < -0.39 is 0 Å². The number of thiophene rings is 1. The Morgan fingerprint density at radius 3 is 2.86 bits per heavy atom. The number of carbonyl (C=O) groups is 2. The molecular weight excluding hydrogens is 298 g/mol. The van der Waals surface area contributed by atoms with Crippen LogP contribution in [-0.4, -0.2) is 35.3 Å². The highest BCUT2D eigenvalue weighted by Gasteiger charge is 2.17. The van der Waals surface area contributed by atoms with Gasteiger partial charge in [0.25, 0.3) is 0 Å². The van der Waals surface area contributed by atoms with Crippen molar-refractivity contribution in [1.29, 1.82) is 0 Å². The first-order chi connectivity index (χ1) is 10.6. The van der Waals surface area contributed by atoms with Crippen molar-refractivity contribution in [2.75, 3.05) is 13.6 Å². The molecule has 0 aliphatic heterocycles. The second-order valence-electron chi connectivity index (χ2n) is 5.11. The van der Waals surface area contributed by atoms with Crippen LogP contribution in [0.2, 0.25) is 0 Å². The zero-order valence-corrected chi connectivity index (χ0v) is 13.5. The summed E-state index contributed by atoms with van der Waals surface area (Å²) >= 11 is 1.55. The topological polar surface area (TPSA) is 62.3 Å². The molecule has 0 spiro atoms. The van der Waals surface area contributed by atoms with Gasteiger partial charge in [-0.25, -0.2) is 0 Å². The predicted octanol–water partition coefficient (Wildman–Crippen LogP) is 2.02. The lowest BCUT2D eigenvalue weighted by molar-refractivity contribution is -0.132. The molecule has 2 aromatic heterocycles. The first-order valence-electron chi connectivity index (χ1n) is 7.00. The maximum Gasteiger partial charge on any atom is 0.242 e. The standard InChI is InChI=1S/C16H19N3O2S/c1-12(14-5-7-22-11-14)16(21)18-9-15(20)19(2)10-13-4-3-6-17-8-13/h3-8,11-12H,9-10H2,1-2H3,(H,18,21)/t12-/m0/s1. The van der Waals surface area contributed by atoms with Crippen molar-refractivity contribution in [3.05, 3.63) is 52.5 Å². The molecule has 2 aromatic rings. The zero-order valence-electron chi connectivity index (χ0n) is 12.7. The number of amides is 2. The fourth-order valence-electron chi connectivity index (χ4n) is 1.98. The average molecular weight is 317 g/mol. The maximum atomic E-state index is 12.1. The van der Waals surface area contributed by atoms with Crippen molar-refractivity contribution in [2.45, 2.75) is 19.4 Å². The Bertz CT molecular complexity index is 614. The molecule has 0 radical (unpaired) electrons. The van der Waals surface area contributed by atoms with Crippen molar-refractivity contribution >= 4 is 23.2 Å². The minimum absolute atomic E-state index is 0.00404. The van der Waals surface area contributed by atoms with Crippen LogP contribution in [0.4, 0.5) is 0 Å². The normalized spacial score (nSPS) is 11.7. The molecule has 1 atom stereocenters. The molecule has 0 aliphatic rings. The fraction of sp³-hybridized carbons (Fsp3) is 0.312. The van der Waals surface area contributed by atoms with Crippen molar-refractivity contribution in [3.63, 3.8) is 0 Å². The smallest absolute Gasteiger partial charge is 0.242 e. The molecule has 0 aromatic carbocycles. The summed E-state index contributed by atoms with van der Waals surface area (Å²) in [7, 11) is 1.71. The SMILES string of the molecule is C[C@H](C(=O)NCC(=O)N(C)Cc1cccnc1)c1ccsc1. The van der Waals surface area contributed by atoms with E-state index in [1.807, 2.05) is 35.9 Å². The molecule has 0 unspecified atom stereocenters. The Morgan fingerprint density at radius 2 is 2.23 bits per heavy atom. The molecule has 1 N–H and O–H groups in total. The predicted molar refractivity (Wildman–Crippen MR) is 86.5 cm³/mol. The van der Waals surface area contributed by atoms with Gasteiger partial charge in [-0.1, -0.05) is 6.07 Å². The third-order valence-corrected chi connectivity index (χ3v) is 4.12. The minimum atomic E-state index is -0.248. The van der Waals surface area contributed by atoms with Gasteiger partial charge in [0, 0.05) is 26.0 Å². The summed E-state index contributed by atoms with van der Waals surface area (Å²) in [5.74, 6) is -0.515. The molecule has 0 aliphatic carbocycles. The van der Waals surface area contributed by atoms with Gasteiger partial charge in [0.15, 0.2) is 0 Å². The lowest BCUT2D eigenvalue weighted by Gasteiger charge is -2.18.